The van der Waals surface area contributed by atoms with Crippen LogP contribution in [0.15, 0.2) is 0 Å². The van der Waals surface area contributed by atoms with Gasteiger partial charge in [-0.15, -0.1) is 0 Å². The largest absolute Gasteiger partial charge is 0.104 e. The summed E-state index contributed by atoms with van der Waals surface area (Å²) >= 11 is 0. The average molecular weight is 168 g/mol. The van der Waals surface area contributed by atoms with Gasteiger partial charge in [0.05, 0.1) is 31.3 Å². The Kier molecular flexibility index (Phi) is 12.0. The molecule has 0 radical (unpaired) electrons. The first-order valence-electron chi connectivity index (χ1n) is 3.04. The summed E-state index contributed by atoms with van der Waals surface area (Å²) in [4.78, 5) is 0. The smallest absolute Gasteiger partial charge is 0.0219 e. The van der Waals surface area contributed by atoms with Crippen molar-refractivity contribution < 1.29 is 0 Å². The Bertz CT molecular complexity index is 39.4. The van der Waals surface area contributed by atoms with Crippen molar-refractivity contribution in [1.29, 1.82) is 0 Å². The third kappa shape index (κ3) is 53.6. The molecule has 0 aromatic carbocycles. The quantitative estimate of drug-likeness (QED) is 0.519. The van der Waals surface area contributed by atoms with Crippen LogP contribution in [-0.2, 0) is 21.8 Å². The summed E-state index contributed by atoms with van der Waals surface area (Å²) in [5.74, 6) is 1.33. The Balaban J connectivity index is 0. The van der Waals surface area contributed by atoms with Crippen molar-refractivity contribution in [3.63, 3.8) is 0 Å². The lowest BCUT2D eigenvalue weighted by Gasteiger charge is -1.81. The molecule has 2 heteroatoms. The fourth-order valence-corrected chi connectivity index (χ4v) is 0. The minimum absolute atomic E-state index is 0.639. The zero-order chi connectivity index (χ0) is 7.86. The van der Waals surface area contributed by atoms with Crippen molar-refractivity contribution in [2.24, 2.45) is 0 Å². The maximum atomic E-state index is 2.25. The van der Waals surface area contributed by atoms with Gasteiger partial charge in [0.1, 0.15) is 5.75 Å². The monoisotopic (exact) mass is 168 g/mol. The van der Waals surface area contributed by atoms with Crippen LogP contribution in [0, 0.1) is 0 Å². The van der Waals surface area contributed by atoms with E-state index in [1.54, 1.807) is 0 Å². The van der Waals surface area contributed by atoms with Crippen LogP contribution in [0.5, 0.6) is 0 Å². The first-order chi connectivity index (χ1) is 4.00. The van der Waals surface area contributed by atoms with E-state index in [0.29, 0.717) is 21.8 Å². The van der Waals surface area contributed by atoms with Crippen molar-refractivity contribution in [3.8, 4) is 0 Å². The van der Waals surface area contributed by atoms with Crippen LogP contribution < -0.4 is 0 Å². The summed E-state index contributed by atoms with van der Waals surface area (Å²) in [5, 5.41) is 0. The third-order valence-corrected chi connectivity index (χ3v) is 1.73. The molecule has 0 fully saturated rings. The fourth-order valence-electron chi connectivity index (χ4n) is 0. The molecule has 0 aromatic heterocycles. The molecule has 0 aliphatic heterocycles. The molecule has 0 atom stereocenters. The second-order valence-corrected chi connectivity index (χ2v) is 7.50. The molecule has 0 aliphatic carbocycles. The lowest BCUT2D eigenvalue weighted by Crippen LogP contribution is -1.94. The molecule has 0 rings (SSSR count). The highest BCUT2D eigenvalue weighted by atomic mass is 32.2. The number of hydrogen-bond acceptors (Lipinski definition) is 0. The highest BCUT2D eigenvalue weighted by Crippen LogP contribution is 1.76. The average Bonchev–Trinajstić information content (AvgIpc) is 1.65. The molecule has 0 heterocycles. The van der Waals surface area contributed by atoms with Gasteiger partial charge >= 0.3 is 0 Å². The Morgan fingerprint density at radius 2 is 1.00 bits per heavy atom. The summed E-state index contributed by atoms with van der Waals surface area (Å²) in [5.41, 5.74) is 0. The van der Waals surface area contributed by atoms with E-state index in [-0.39, 0.29) is 0 Å². The molecule has 0 bridgehead atoms. The fraction of sp³-hybridized carbons (Fsp3) is 1.00. The zero-order valence-electron chi connectivity index (χ0n) is 7.52. The molecule has 0 aromatic rings. The zero-order valence-corrected chi connectivity index (χ0v) is 9.16. The van der Waals surface area contributed by atoms with Gasteiger partial charge in [-0.3, -0.25) is 0 Å². The highest BCUT2D eigenvalue weighted by Gasteiger charge is 1.89. The van der Waals surface area contributed by atoms with Crippen molar-refractivity contribution >= 4 is 21.8 Å². The summed E-state index contributed by atoms with van der Waals surface area (Å²) in [7, 11) is 1.32. The Morgan fingerprint density at radius 3 is 1.00 bits per heavy atom. The molecule has 0 amide bonds. The van der Waals surface area contributed by atoms with Crippen molar-refractivity contribution in [3.05, 3.63) is 0 Å². The Morgan fingerprint density at radius 1 is 0.889 bits per heavy atom. The highest BCUT2D eigenvalue weighted by molar-refractivity contribution is 7.95. The van der Waals surface area contributed by atoms with Crippen LogP contribution in [-0.4, -0.2) is 37.0 Å². The predicted molar refractivity (Wildman–Crippen MR) is 54.9 cm³/mol. The van der Waals surface area contributed by atoms with Gasteiger partial charge in [0.2, 0.25) is 0 Å². The van der Waals surface area contributed by atoms with Gasteiger partial charge in [-0.2, -0.15) is 0 Å². The summed E-state index contributed by atoms with van der Waals surface area (Å²) in [6, 6.07) is 0. The van der Waals surface area contributed by atoms with Gasteiger partial charge in [0.25, 0.3) is 0 Å². The maximum absolute atomic E-state index is 2.25. The van der Waals surface area contributed by atoms with Gasteiger partial charge in [0.15, 0.2) is 0 Å². The molecule has 0 spiro atoms. The van der Waals surface area contributed by atoms with Crippen molar-refractivity contribution in [2.75, 3.05) is 37.0 Å². The molecule has 0 aliphatic rings. The predicted octanol–water partition coefficient (Wildman–Crippen LogP) is 1.38. The van der Waals surface area contributed by atoms with Crippen LogP contribution in [0.4, 0.5) is 0 Å². The second-order valence-electron chi connectivity index (χ2n) is 2.50. The van der Waals surface area contributed by atoms with Crippen molar-refractivity contribution in [2.45, 2.75) is 6.92 Å². The first kappa shape index (κ1) is 12.4. The number of hydrogen-bond donors (Lipinski definition) is 0. The molecular weight excluding hydrogens is 148 g/mol. The molecule has 0 nitrogen and oxygen atoms in total. The van der Waals surface area contributed by atoms with Crippen LogP contribution in [0.2, 0.25) is 0 Å². The van der Waals surface area contributed by atoms with Gasteiger partial charge in [-0.1, -0.05) is 0 Å². The van der Waals surface area contributed by atoms with E-state index < -0.39 is 0 Å². The van der Waals surface area contributed by atoms with Crippen LogP contribution in [0.25, 0.3) is 0 Å². The van der Waals surface area contributed by atoms with Gasteiger partial charge < -0.3 is 0 Å². The van der Waals surface area contributed by atoms with Gasteiger partial charge in [-0.05, 0) is 28.7 Å². The minimum atomic E-state index is 0.639. The Labute approximate surface area is 66.1 Å². The third-order valence-electron chi connectivity index (χ3n) is 0.577. The SMILES string of the molecule is CC[S+](C)C.C[S+](C)C. The van der Waals surface area contributed by atoms with Crippen molar-refractivity contribution in [1.82, 2.24) is 0 Å². The lowest BCUT2D eigenvalue weighted by atomic mass is 11.0. The van der Waals surface area contributed by atoms with E-state index in [9.17, 15) is 0 Å². The van der Waals surface area contributed by atoms with E-state index in [1.807, 2.05) is 0 Å². The van der Waals surface area contributed by atoms with E-state index in [2.05, 4.69) is 38.2 Å². The summed E-state index contributed by atoms with van der Waals surface area (Å²) < 4.78 is 0. The molecule has 0 saturated carbocycles. The van der Waals surface area contributed by atoms with Gasteiger partial charge in [0, 0.05) is 0 Å². The molecule has 9 heavy (non-hydrogen) atoms. The van der Waals surface area contributed by atoms with E-state index in [0.717, 1.165) is 0 Å². The van der Waals surface area contributed by atoms with E-state index in [4.69, 9.17) is 0 Å². The number of rotatable bonds is 1. The van der Waals surface area contributed by atoms with E-state index in [1.165, 1.54) is 5.75 Å². The van der Waals surface area contributed by atoms with E-state index >= 15 is 0 Å². The lowest BCUT2D eigenvalue weighted by molar-refractivity contribution is 1.51. The maximum Gasteiger partial charge on any atom is 0.104 e. The van der Waals surface area contributed by atoms with Crippen LogP contribution >= 0.6 is 0 Å². The van der Waals surface area contributed by atoms with Gasteiger partial charge in [-0.25, -0.2) is 0 Å². The summed E-state index contributed by atoms with van der Waals surface area (Å²) in [6.07, 6.45) is 11.1. The molecule has 0 N–H and O–H groups in total. The topological polar surface area (TPSA) is 0 Å². The molecular formula is C7H20S2+2. The summed E-state index contributed by atoms with van der Waals surface area (Å²) in [6.45, 7) is 2.21. The Hall–Kier alpha value is 0.700. The normalized spacial score (nSPS) is 9.33. The standard InChI is InChI=1S/C4H11S.C3H9S/c1-4-5(2)3;1-4(2)3/h4H2,1-3H3;1-3H3/q2*+1. The first-order valence-corrected chi connectivity index (χ1v) is 7.70. The second kappa shape index (κ2) is 8.70. The molecule has 0 unspecified atom stereocenters. The van der Waals surface area contributed by atoms with Crippen LogP contribution in [0.3, 0.4) is 0 Å². The molecule has 0 saturated heterocycles. The van der Waals surface area contributed by atoms with Crippen LogP contribution in [0.1, 0.15) is 6.92 Å². The molecule has 58 valence electrons. The minimum Gasteiger partial charge on any atom is -0.0219 e.